The smallest absolute Gasteiger partial charge is 0.217 e. The van der Waals surface area contributed by atoms with Gasteiger partial charge in [-0.25, -0.2) is 8.78 Å². The number of rotatable bonds is 6. The quantitative estimate of drug-likeness (QED) is 0.589. The number of benzene rings is 1. The molecule has 0 aromatic heterocycles. The third-order valence-corrected chi connectivity index (χ3v) is 2.13. The third-order valence-electron chi connectivity index (χ3n) is 2.13. The maximum Gasteiger partial charge on any atom is 0.217 e. The molecule has 4 nitrogen and oxygen atoms in total. The molecule has 6 heteroatoms. The average molecular weight is 244 g/mol. The lowest BCUT2D eigenvalue weighted by atomic mass is 10.2. The van der Waals surface area contributed by atoms with Crippen molar-refractivity contribution in [3.8, 4) is 5.75 Å². The maximum absolute atomic E-state index is 13.2. The maximum atomic E-state index is 13.2. The number of nitrogen functional groups attached to an aromatic ring is 1. The molecule has 94 valence electrons. The van der Waals surface area contributed by atoms with E-state index in [1.165, 1.54) is 0 Å². The topological polar surface area (TPSA) is 78.3 Å². The number of amides is 1. The number of halogens is 2. The minimum Gasteiger partial charge on any atom is -0.490 e. The lowest BCUT2D eigenvalue weighted by molar-refractivity contribution is -0.118. The number of hydrogen-bond acceptors (Lipinski definition) is 3. The predicted molar refractivity (Wildman–Crippen MR) is 59.3 cm³/mol. The second-order valence-corrected chi connectivity index (χ2v) is 3.58. The van der Waals surface area contributed by atoms with Gasteiger partial charge in [0, 0.05) is 18.6 Å². The molecule has 0 spiro atoms. The third kappa shape index (κ3) is 4.26. The van der Waals surface area contributed by atoms with Gasteiger partial charge in [-0.3, -0.25) is 4.79 Å². The zero-order valence-electron chi connectivity index (χ0n) is 9.21. The van der Waals surface area contributed by atoms with E-state index in [0.717, 1.165) is 12.1 Å². The van der Waals surface area contributed by atoms with E-state index in [1.807, 2.05) is 0 Å². The van der Waals surface area contributed by atoms with Crippen LogP contribution in [0.15, 0.2) is 12.1 Å². The van der Waals surface area contributed by atoms with Gasteiger partial charge < -0.3 is 16.2 Å². The van der Waals surface area contributed by atoms with Gasteiger partial charge in [-0.15, -0.1) is 0 Å². The van der Waals surface area contributed by atoms with Crippen molar-refractivity contribution in [3.63, 3.8) is 0 Å². The van der Waals surface area contributed by atoms with Crippen molar-refractivity contribution in [1.29, 1.82) is 0 Å². The van der Waals surface area contributed by atoms with Gasteiger partial charge in [0.05, 0.1) is 12.3 Å². The molecule has 0 atom stereocenters. The summed E-state index contributed by atoms with van der Waals surface area (Å²) >= 11 is 0. The fraction of sp³-hybridized carbons (Fsp3) is 0.364. The van der Waals surface area contributed by atoms with E-state index in [4.69, 9.17) is 16.2 Å². The van der Waals surface area contributed by atoms with Gasteiger partial charge in [0.15, 0.2) is 11.6 Å². The second kappa shape index (κ2) is 6.03. The van der Waals surface area contributed by atoms with Gasteiger partial charge in [0.25, 0.3) is 0 Å². The Morgan fingerprint density at radius 2 is 1.94 bits per heavy atom. The number of ether oxygens (including phenoxy) is 1. The first-order chi connectivity index (χ1) is 8.00. The van der Waals surface area contributed by atoms with Crippen molar-refractivity contribution in [3.05, 3.63) is 23.8 Å². The van der Waals surface area contributed by atoms with E-state index in [9.17, 15) is 13.6 Å². The van der Waals surface area contributed by atoms with Gasteiger partial charge >= 0.3 is 0 Å². The fourth-order valence-corrected chi connectivity index (χ4v) is 1.24. The zero-order valence-corrected chi connectivity index (χ0v) is 9.21. The van der Waals surface area contributed by atoms with Crippen molar-refractivity contribution >= 4 is 11.6 Å². The highest BCUT2D eigenvalue weighted by molar-refractivity contribution is 5.73. The molecule has 0 aliphatic rings. The van der Waals surface area contributed by atoms with Crippen LogP contribution in [0.2, 0.25) is 0 Å². The minimum atomic E-state index is -0.724. The summed E-state index contributed by atoms with van der Waals surface area (Å²) in [4.78, 5) is 10.4. The highest BCUT2D eigenvalue weighted by atomic mass is 19.1. The van der Waals surface area contributed by atoms with E-state index in [-0.39, 0.29) is 24.5 Å². The molecule has 0 aliphatic heterocycles. The molecule has 0 unspecified atom stereocenters. The van der Waals surface area contributed by atoms with Gasteiger partial charge in [-0.1, -0.05) is 0 Å². The number of carbonyl (C=O) groups excluding carboxylic acids is 1. The zero-order chi connectivity index (χ0) is 12.8. The van der Waals surface area contributed by atoms with E-state index < -0.39 is 17.5 Å². The molecule has 0 radical (unpaired) electrons. The minimum absolute atomic E-state index is 0.184. The van der Waals surface area contributed by atoms with Crippen LogP contribution in [0.1, 0.15) is 19.3 Å². The normalized spacial score (nSPS) is 10.2. The molecule has 0 heterocycles. The molecule has 0 fully saturated rings. The summed E-state index contributed by atoms with van der Waals surface area (Å²) < 4.78 is 31.3. The average Bonchev–Trinajstić information content (AvgIpc) is 2.24. The van der Waals surface area contributed by atoms with Crippen LogP contribution in [0.3, 0.4) is 0 Å². The molecule has 0 saturated heterocycles. The summed E-state index contributed by atoms with van der Waals surface area (Å²) in [7, 11) is 0. The van der Waals surface area contributed by atoms with Crippen molar-refractivity contribution in [1.82, 2.24) is 0 Å². The van der Waals surface area contributed by atoms with E-state index in [0.29, 0.717) is 12.8 Å². The first kappa shape index (κ1) is 13.2. The van der Waals surface area contributed by atoms with Crippen LogP contribution >= 0.6 is 0 Å². The van der Waals surface area contributed by atoms with Crippen molar-refractivity contribution in [2.45, 2.75) is 19.3 Å². The van der Waals surface area contributed by atoms with Crippen LogP contribution in [-0.4, -0.2) is 12.5 Å². The molecule has 1 aromatic rings. The van der Waals surface area contributed by atoms with Crippen LogP contribution in [0.25, 0.3) is 0 Å². The summed E-state index contributed by atoms with van der Waals surface area (Å²) in [5.41, 5.74) is 9.86. The molecule has 1 rings (SSSR count). The standard InChI is InChI=1S/C11H14F2N2O2/c12-7-6-10(8(13)5-9(7)14)17-4-2-1-3-11(15)16/h5-6H,1-4,14H2,(H2,15,16). The summed E-state index contributed by atoms with van der Waals surface area (Å²) in [6, 6.07) is 1.77. The van der Waals surface area contributed by atoms with Crippen LogP contribution < -0.4 is 16.2 Å². The van der Waals surface area contributed by atoms with E-state index in [1.54, 1.807) is 0 Å². The highest BCUT2D eigenvalue weighted by Crippen LogP contribution is 2.23. The Morgan fingerprint density at radius 1 is 1.24 bits per heavy atom. The van der Waals surface area contributed by atoms with Crippen LogP contribution in [0.5, 0.6) is 5.75 Å². The van der Waals surface area contributed by atoms with Crippen molar-refractivity contribution in [2.24, 2.45) is 5.73 Å². The summed E-state index contributed by atoms with van der Waals surface area (Å²) in [6.45, 7) is 0.188. The fourth-order valence-electron chi connectivity index (χ4n) is 1.24. The molecule has 4 N–H and O–H groups in total. The largest absolute Gasteiger partial charge is 0.490 e. The van der Waals surface area contributed by atoms with Crippen LogP contribution in [0.4, 0.5) is 14.5 Å². The van der Waals surface area contributed by atoms with Crippen LogP contribution in [-0.2, 0) is 4.79 Å². The molecule has 0 saturated carbocycles. The van der Waals surface area contributed by atoms with Gasteiger partial charge in [-0.2, -0.15) is 0 Å². The second-order valence-electron chi connectivity index (χ2n) is 3.58. The van der Waals surface area contributed by atoms with Crippen LogP contribution in [0, 0.1) is 11.6 Å². The molecule has 0 bridgehead atoms. The molecule has 1 aromatic carbocycles. The Hall–Kier alpha value is -1.85. The van der Waals surface area contributed by atoms with Gasteiger partial charge in [0.2, 0.25) is 5.91 Å². The Kier molecular flexibility index (Phi) is 4.68. The Balaban J connectivity index is 2.41. The molecule has 17 heavy (non-hydrogen) atoms. The first-order valence-electron chi connectivity index (χ1n) is 5.16. The molecule has 0 aliphatic carbocycles. The number of nitrogens with two attached hydrogens (primary N) is 2. The molecular weight excluding hydrogens is 230 g/mol. The van der Waals surface area contributed by atoms with Gasteiger partial charge in [0.1, 0.15) is 5.82 Å². The highest BCUT2D eigenvalue weighted by Gasteiger charge is 2.08. The number of primary amides is 1. The SMILES string of the molecule is NC(=O)CCCCOc1cc(F)c(N)cc1F. The lowest BCUT2D eigenvalue weighted by Crippen LogP contribution is -2.10. The Bertz CT molecular complexity index is 411. The number of unbranched alkanes of at least 4 members (excludes halogenated alkanes) is 1. The van der Waals surface area contributed by atoms with E-state index in [2.05, 4.69) is 0 Å². The van der Waals surface area contributed by atoms with Crippen molar-refractivity contribution in [2.75, 3.05) is 12.3 Å². The Morgan fingerprint density at radius 3 is 2.59 bits per heavy atom. The Labute approximate surface area is 97.5 Å². The monoisotopic (exact) mass is 244 g/mol. The summed E-state index contributed by atoms with van der Waals surface area (Å²) in [6.07, 6.45) is 1.34. The predicted octanol–water partition coefficient (Wildman–Crippen LogP) is 1.58. The van der Waals surface area contributed by atoms with Gasteiger partial charge in [-0.05, 0) is 12.8 Å². The number of carbonyl (C=O) groups is 1. The summed E-state index contributed by atoms with van der Waals surface area (Å²) in [5, 5.41) is 0. The number of anilines is 1. The first-order valence-corrected chi connectivity index (χ1v) is 5.16. The van der Waals surface area contributed by atoms with E-state index >= 15 is 0 Å². The molecular formula is C11H14F2N2O2. The molecule has 1 amide bonds. The lowest BCUT2D eigenvalue weighted by Gasteiger charge is -2.07. The van der Waals surface area contributed by atoms with Crippen molar-refractivity contribution < 1.29 is 18.3 Å². The number of hydrogen-bond donors (Lipinski definition) is 2. The summed E-state index contributed by atoms with van der Waals surface area (Å²) in [5.74, 6) is -2.01.